The van der Waals surface area contributed by atoms with E-state index in [4.69, 9.17) is 18.9 Å². The Morgan fingerprint density at radius 1 is 0.643 bits per heavy atom. The largest absolute Gasteiger partial charge is 0.488 e. The number of rotatable bonds is 18. The number of ketones is 2. The quantitative estimate of drug-likeness (QED) is 0.0830. The van der Waals surface area contributed by atoms with Crippen molar-refractivity contribution in [3.05, 3.63) is 144 Å². The zero-order chi connectivity index (χ0) is 40.5. The Labute approximate surface area is 333 Å². The first-order valence-electron chi connectivity index (χ1n) is 19.9. The zero-order valence-electron chi connectivity index (χ0n) is 34.6. The van der Waals surface area contributed by atoms with Gasteiger partial charge in [0.2, 0.25) is 0 Å². The molecule has 2 aliphatic rings. The van der Waals surface area contributed by atoms with Gasteiger partial charge in [-0.2, -0.15) is 0 Å². The van der Waals surface area contributed by atoms with Gasteiger partial charge in [-0.1, -0.05) is 73.8 Å². The van der Waals surface area contributed by atoms with Crippen molar-refractivity contribution in [2.45, 2.75) is 115 Å². The molecule has 0 radical (unpaired) electrons. The molecule has 0 spiro atoms. The molecule has 294 valence electrons. The summed E-state index contributed by atoms with van der Waals surface area (Å²) < 4.78 is 24.9. The van der Waals surface area contributed by atoms with E-state index in [1.807, 2.05) is 27.7 Å². The summed E-state index contributed by atoms with van der Waals surface area (Å²) in [6, 6.07) is 30.7. The molecule has 0 bridgehead atoms. The van der Waals surface area contributed by atoms with Crippen LogP contribution in [0.1, 0.15) is 108 Å². The highest BCUT2D eigenvalue weighted by molar-refractivity contribution is 5.96. The van der Waals surface area contributed by atoms with E-state index >= 15 is 0 Å². The van der Waals surface area contributed by atoms with Gasteiger partial charge < -0.3 is 18.9 Å². The monoisotopic (exact) mass is 754 g/mol. The molecule has 0 aromatic heterocycles. The fourth-order valence-corrected chi connectivity index (χ4v) is 8.27. The van der Waals surface area contributed by atoms with Crippen LogP contribution in [0.25, 0.3) is 11.1 Å². The predicted octanol–water partition coefficient (Wildman–Crippen LogP) is 10.7. The van der Waals surface area contributed by atoms with Gasteiger partial charge in [0.05, 0.1) is 13.2 Å². The van der Waals surface area contributed by atoms with E-state index in [1.54, 1.807) is 27.7 Å². The van der Waals surface area contributed by atoms with E-state index in [0.29, 0.717) is 26.1 Å². The Kier molecular flexibility index (Phi) is 11.4. The van der Waals surface area contributed by atoms with E-state index in [-0.39, 0.29) is 17.0 Å². The molecule has 0 saturated carbocycles. The second kappa shape index (κ2) is 15.6. The van der Waals surface area contributed by atoms with Gasteiger partial charge in [0.15, 0.2) is 11.6 Å². The number of benzene rings is 4. The van der Waals surface area contributed by atoms with Crippen LogP contribution >= 0.6 is 0 Å². The number of carbonyl (C=O) groups is 2. The molecule has 4 aromatic rings. The fourth-order valence-electron chi connectivity index (χ4n) is 8.27. The van der Waals surface area contributed by atoms with Crippen LogP contribution in [0.4, 0.5) is 0 Å². The number of ether oxygens (including phenoxy) is 4. The van der Waals surface area contributed by atoms with Crippen LogP contribution in [0, 0.1) is 0 Å². The topological polar surface area (TPSA) is 71.1 Å². The maximum Gasteiger partial charge on any atom is 0.186 e. The van der Waals surface area contributed by atoms with Crippen LogP contribution in [-0.4, -0.2) is 47.2 Å². The minimum absolute atomic E-state index is 0.140. The molecule has 56 heavy (non-hydrogen) atoms. The highest BCUT2D eigenvalue weighted by atomic mass is 16.5. The van der Waals surface area contributed by atoms with Crippen molar-refractivity contribution in [3.63, 3.8) is 0 Å². The van der Waals surface area contributed by atoms with Crippen molar-refractivity contribution in [1.82, 2.24) is 0 Å². The fraction of sp³-hybridized carbons (Fsp3) is 0.400. The zero-order valence-corrected chi connectivity index (χ0v) is 34.6. The molecule has 6 nitrogen and oxygen atoms in total. The Morgan fingerprint density at radius 2 is 1.12 bits per heavy atom. The van der Waals surface area contributed by atoms with E-state index < -0.39 is 22.4 Å². The van der Waals surface area contributed by atoms with Crippen molar-refractivity contribution in [1.29, 1.82) is 0 Å². The third kappa shape index (κ3) is 8.33. The molecule has 2 aliphatic carbocycles. The molecule has 6 heteroatoms. The molecule has 0 unspecified atom stereocenters. The lowest BCUT2D eigenvalue weighted by molar-refractivity contribution is -0.136. The van der Waals surface area contributed by atoms with Crippen molar-refractivity contribution < 1.29 is 28.5 Å². The van der Waals surface area contributed by atoms with Gasteiger partial charge >= 0.3 is 0 Å². The molecule has 6 rings (SSSR count). The van der Waals surface area contributed by atoms with Crippen molar-refractivity contribution >= 4 is 11.6 Å². The van der Waals surface area contributed by atoms with E-state index in [9.17, 15) is 9.59 Å². The summed E-state index contributed by atoms with van der Waals surface area (Å²) in [5.74, 6) is 1.28. The van der Waals surface area contributed by atoms with Crippen molar-refractivity contribution in [2.24, 2.45) is 0 Å². The van der Waals surface area contributed by atoms with Crippen molar-refractivity contribution in [3.8, 4) is 22.6 Å². The maximum atomic E-state index is 12.2. The molecule has 0 N–H and O–H groups in total. The minimum atomic E-state index is -0.922. The third-order valence-corrected chi connectivity index (χ3v) is 11.7. The summed E-state index contributed by atoms with van der Waals surface area (Å²) in [5, 5.41) is 0. The third-order valence-electron chi connectivity index (χ3n) is 11.7. The number of fused-ring (bicyclic) bond motifs is 5. The first-order valence-corrected chi connectivity index (χ1v) is 19.9. The Balaban J connectivity index is 1.27. The Hall–Kier alpha value is -4.78. The summed E-state index contributed by atoms with van der Waals surface area (Å²) in [7, 11) is 0. The second-order valence-electron chi connectivity index (χ2n) is 17.5. The van der Waals surface area contributed by atoms with Crippen molar-refractivity contribution in [2.75, 3.05) is 13.2 Å². The Morgan fingerprint density at radius 3 is 1.61 bits per heavy atom. The van der Waals surface area contributed by atoms with E-state index in [0.717, 1.165) is 30.8 Å². The molecule has 0 heterocycles. The lowest BCUT2D eigenvalue weighted by Crippen LogP contribution is -2.37. The summed E-state index contributed by atoms with van der Waals surface area (Å²) in [4.78, 5) is 24.4. The van der Waals surface area contributed by atoms with Crippen LogP contribution in [0.3, 0.4) is 0 Å². The van der Waals surface area contributed by atoms with Gasteiger partial charge in [-0.05, 0) is 156 Å². The van der Waals surface area contributed by atoms with Crippen LogP contribution in [-0.2, 0) is 37.3 Å². The average Bonchev–Trinajstić information content (AvgIpc) is 3.73. The van der Waals surface area contributed by atoms with Gasteiger partial charge in [0.1, 0.15) is 33.9 Å². The maximum absolute atomic E-state index is 12.2. The van der Waals surface area contributed by atoms with Gasteiger partial charge in [-0.15, -0.1) is 0 Å². The molecular weight excluding hydrogens is 697 g/mol. The van der Waals surface area contributed by atoms with Crippen LogP contribution in [0.15, 0.2) is 110 Å². The van der Waals surface area contributed by atoms with Gasteiger partial charge in [0.25, 0.3) is 0 Å². The normalized spacial score (nSPS) is 14.7. The summed E-state index contributed by atoms with van der Waals surface area (Å²) >= 11 is 0. The number of carbonyl (C=O) groups excluding carboxylic acids is 2. The predicted molar refractivity (Wildman–Crippen MR) is 225 cm³/mol. The molecule has 0 amide bonds. The SMILES string of the molecule is C=CC(=O)C(C)(C)OCCC(C)(C)Oc1ccc(C2(c3ccc(OC(C)(C)CCOC(C)(C)C(=O)C=C)cc3)CCc3c2ccc2c3-c3ccccc3C2)cc1. The number of hydrogen-bond donors (Lipinski definition) is 0. The van der Waals surface area contributed by atoms with Crippen LogP contribution in [0.5, 0.6) is 11.5 Å². The van der Waals surface area contributed by atoms with E-state index in [2.05, 4.69) is 98.1 Å². The van der Waals surface area contributed by atoms with Gasteiger partial charge in [-0.25, -0.2) is 0 Å². The number of hydrogen-bond acceptors (Lipinski definition) is 6. The second-order valence-corrected chi connectivity index (χ2v) is 17.5. The average molecular weight is 755 g/mol. The molecule has 0 atom stereocenters. The van der Waals surface area contributed by atoms with Crippen LogP contribution in [0.2, 0.25) is 0 Å². The Bertz CT molecular complexity index is 2000. The molecule has 0 aliphatic heterocycles. The molecule has 0 saturated heterocycles. The first-order chi connectivity index (χ1) is 26.4. The lowest BCUT2D eigenvalue weighted by Gasteiger charge is -2.34. The van der Waals surface area contributed by atoms with Gasteiger partial charge in [-0.3, -0.25) is 9.59 Å². The first kappa shape index (κ1) is 40.9. The minimum Gasteiger partial charge on any atom is -0.488 e. The standard InChI is InChI=1S/C50H58O6/c1-11-43(51)48(7,8)53-31-29-46(3,4)55-38-22-18-36(19-23-38)50(28-27-41-42(50)26-17-35-33-34-15-13-14-16-40(34)45(35)41)37-20-24-39(25-21-37)56-47(5,6)30-32-54-49(9,10)44(52)12-2/h11-26H,1-2,27-33H2,3-10H3. The summed E-state index contributed by atoms with van der Waals surface area (Å²) in [5.41, 5.74) is 7.51. The highest BCUT2D eigenvalue weighted by Crippen LogP contribution is 2.54. The summed E-state index contributed by atoms with van der Waals surface area (Å²) in [6.07, 6.45) is 6.71. The lowest BCUT2D eigenvalue weighted by atomic mass is 9.70. The van der Waals surface area contributed by atoms with Gasteiger partial charge in [0, 0.05) is 18.3 Å². The summed E-state index contributed by atoms with van der Waals surface area (Å²) in [6.45, 7) is 23.2. The molecule has 4 aromatic carbocycles. The molecule has 0 fully saturated rings. The van der Waals surface area contributed by atoms with Crippen LogP contribution < -0.4 is 9.47 Å². The smallest absolute Gasteiger partial charge is 0.186 e. The van der Waals surface area contributed by atoms with E-state index in [1.165, 1.54) is 56.7 Å². The molecular formula is C50H58O6. The highest BCUT2D eigenvalue weighted by Gasteiger charge is 2.44.